The fourth-order valence-corrected chi connectivity index (χ4v) is 3.48. The summed E-state index contributed by atoms with van der Waals surface area (Å²) in [6, 6.07) is 15.6. The summed E-state index contributed by atoms with van der Waals surface area (Å²) in [4.78, 5) is 2.36. The lowest BCUT2D eigenvalue weighted by Crippen LogP contribution is -2.42. The number of para-hydroxylation sites is 1. The number of halogens is 3. The highest BCUT2D eigenvalue weighted by molar-refractivity contribution is 5.35. The minimum atomic E-state index is -4.41. The van der Waals surface area contributed by atoms with Crippen LogP contribution in [0.15, 0.2) is 54.6 Å². The van der Waals surface area contributed by atoms with Gasteiger partial charge < -0.3 is 9.47 Å². The maximum Gasteiger partial charge on any atom is 0.419 e. The van der Waals surface area contributed by atoms with Crippen molar-refractivity contribution in [2.75, 3.05) is 26.3 Å². The number of morpholine rings is 1. The molecule has 0 aromatic heterocycles. The predicted octanol–water partition coefficient (Wildman–Crippen LogP) is 5.01. The monoisotopic (exact) mass is 393 g/mol. The molecule has 6 heteroatoms. The molecule has 3 nitrogen and oxygen atoms in total. The zero-order valence-corrected chi connectivity index (χ0v) is 16.0. The second-order valence-corrected chi connectivity index (χ2v) is 7.36. The third kappa shape index (κ3) is 5.97. The molecule has 1 fully saturated rings. The quantitative estimate of drug-likeness (QED) is 0.660. The van der Waals surface area contributed by atoms with Crippen LogP contribution in [0.2, 0.25) is 0 Å². The molecule has 2 unspecified atom stereocenters. The maximum absolute atomic E-state index is 13.1. The SMILES string of the molecule is CC(COc1ccccc1C(F)(F)F)CC1CN(Cc2ccccc2)CCO1. The minimum Gasteiger partial charge on any atom is -0.493 e. The summed E-state index contributed by atoms with van der Waals surface area (Å²) < 4.78 is 50.6. The van der Waals surface area contributed by atoms with Gasteiger partial charge in [0.15, 0.2) is 0 Å². The topological polar surface area (TPSA) is 21.7 Å². The molecule has 0 spiro atoms. The first-order valence-electron chi connectivity index (χ1n) is 9.58. The van der Waals surface area contributed by atoms with E-state index in [0.717, 1.165) is 32.1 Å². The number of hydrogen-bond acceptors (Lipinski definition) is 3. The Hall–Kier alpha value is -2.05. The highest BCUT2D eigenvalue weighted by Gasteiger charge is 2.34. The summed E-state index contributed by atoms with van der Waals surface area (Å²) in [5.41, 5.74) is 0.536. The van der Waals surface area contributed by atoms with Crippen LogP contribution in [0.25, 0.3) is 0 Å². The fraction of sp³-hybridized carbons (Fsp3) is 0.455. The summed E-state index contributed by atoms with van der Waals surface area (Å²) in [5, 5.41) is 0. The third-order valence-electron chi connectivity index (χ3n) is 4.85. The van der Waals surface area contributed by atoms with Gasteiger partial charge in [0.2, 0.25) is 0 Å². The molecule has 1 saturated heterocycles. The Labute approximate surface area is 164 Å². The van der Waals surface area contributed by atoms with Crippen LogP contribution < -0.4 is 4.74 Å². The fourth-order valence-electron chi connectivity index (χ4n) is 3.48. The normalized spacial score (nSPS) is 19.4. The summed E-state index contributed by atoms with van der Waals surface area (Å²) in [6.07, 6.45) is -3.60. The van der Waals surface area contributed by atoms with Crippen molar-refractivity contribution in [2.45, 2.75) is 32.2 Å². The standard InChI is InChI=1S/C22H26F3NO2/c1-17(16-28-21-10-6-5-9-20(21)22(23,24)25)13-19-15-26(11-12-27-19)14-18-7-3-2-4-8-18/h2-10,17,19H,11-16H2,1H3. The van der Waals surface area contributed by atoms with E-state index in [4.69, 9.17) is 9.47 Å². The van der Waals surface area contributed by atoms with Gasteiger partial charge in [-0.25, -0.2) is 0 Å². The number of benzene rings is 2. The molecule has 3 rings (SSSR count). The van der Waals surface area contributed by atoms with E-state index in [9.17, 15) is 13.2 Å². The van der Waals surface area contributed by atoms with Gasteiger partial charge in [0.05, 0.1) is 24.9 Å². The summed E-state index contributed by atoms with van der Waals surface area (Å²) >= 11 is 0. The Bertz CT molecular complexity index is 736. The van der Waals surface area contributed by atoms with E-state index in [1.54, 1.807) is 6.07 Å². The molecule has 1 aliphatic rings. The van der Waals surface area contributed by atoms with E-state index in [0.29, 0.717) is 6.61 Å². The van der Waals surface area contributed by atoms with Gasteiger partial charge in [-0.2, -0.15) is 13.2 Å². The Morgan fingerprint density at radius 2 is 1.82 bits per heavy atom. The highest BCUT2D eigenvalue weighted by atomic mass is 19.4. The average Bonchev–Trinajstić information content (AvgIpc) is 2.67. The first-order valence-corrected chi connectivity index (χ1v) is 9.58. The van der Waals surface area contributed by atoms with E-state index in [1.807, 2.05) is 25.1 Å². The average molecular weight is 393 g/mol. The van der Waals surface area contributed by atoms with Crippen molar-refractivity contribution >= 4 is 0 Å². The van der Waals surface area contributed by atoms with Crippen molar-refractivity contribution in [1.82, 2.24) is 4.90 Å². The van der Waals surface area contributed by atoms with Gasteiger partial charge in [-0.05, 0) is 30.0 Å². The Morgan fingerprint density at radius 1 is 1.11 bits per heavy atom. The van der Waals surface area contributed by atoms with E-state index in [1.165, 1.54) is 17.7 Å². The molecule has 2 aromatic carbocycles. The Kier molecular flexibility index (Phi) is 6.97. The van der Waals surface area contributed by atoms with Crippen LogP contribution in [0.5, 0.6) is 5.75 Å². The first-order chi connectivity index (χ1) is 13.4. The van der Waals surface area contributed by atoms with Crippen molar-refractivity contribution in [1.29, 1.82) is 0 Å². The molecule has 1 heterocycles. The van der Waals surface area contributed by atoms with Crippen molar-refractivity contribution < 1.29 is 22.6 Å². The zero-order valence-electron chi connectivity index (χ0n) is 16.0. The predicted molar refractivity (Wildman–Crippen MR) is 102 cm³/mol. The van der Waals surface area contributed by atoms with Crippen molar-refractivity contribution in [3.63, 3.8) is 0 Å². The van der Waals surface area contributed by atoms with E-state index in [-0.39, 0.29) is 24.4 Å². The molecule has 2 aromatic rings. The molecule has 28 heavy (non-hydrogen) atoms. The van der Waals surface area contributed by atoms with Crippen LogP contribution in [0.4, 0.5) is 13.2 Å². The lowest BCUT2D eigenvalue weighted by molar-refractivity contribution is -0.139. The lowest BCUT2D eigenvalue weighted by atomic mass is 10.0. The van der Waals surface area contributed by atoms with Crippen LogP contribution in [0.1, 0.15) is 24.5 Å². The third-order valence-corrected chi connectivity index (χ3v) is 4.85. The molecule has 0 amide bonds. The van der Waals surface area contributed by atoms with Crippen molar-refractivity contribution in [3.8, 4) is 5.75 Å². The maximum atomic E-state index is 13.1. The van der Waals surface area contributed by atoms with Crippen LogP contribution in [0, 0.1) is 5.92 Å². The van der Waals surface area contributed by atoms with Gasteiger partial charge >= 0.3 is 6.18 Å². The minimum absolute atomic E-state index is 0.0638. The Balaban J connectivity index is 1.49. The molecule has 0 N–H and O–H groups in total. The lowest BCUT2D eigenvalue weighted by Gasteiger charge is -2.34. The summed E-state index contributed by atoms with van der Waals surface area (Å²) in [6.45, 7) is 5.46. The molecule has 2 atom stereocenters. The summed E-state index contributed by atoms with van der Waals surface area (Å²) in [7, 11) is 0. The molecule has 152 valence electrons. The van der Waals surface area contributed by atoms with E-state index in [2.05, 4.69) is 17.0 Å². The van der Waals surface area contributed by atoms with Crippen LogP contribution >= 0.6 is 0 Å². The molecular formula is C22H26F3NO2. The van der Waals surface area contributed by atoms with Crippen molar-refractivity contribution in [3.05, 3.63) is 65.7 Å². The summed E-state index contributed by atoms with van der Waals surface area (Å²) in [5.74, 6) is -0.0277. The largest absolute Gasteiger partial charge is 0.493 e. The van der Waals surface area contributed by atoms with Gasteiger partial charge in [0.1, 0.15) is 5.75 Å². The second-order valence-electron chi connectivity index (χ2n) is 7.36. The number of hydrogen-bond donors (Lipinski definition) is 0. The molecule has 0 bridgehead atoms. The van der Waals surface area contributed by atoms with Crippen LogP contribution in [-0.2, 0) is 17.5 Å². The number of alkyl halides is 3. The zero-order chi connectivity index (χ0) is 20.0. The number of rotatable bonds is 7. The van der Waals surface area contributed by atoms with E-state index < -0.39 is 11.7 Å². The van der Waals surface area contributed by atoms with Gasteiger partial charge in [0.25, 0.3) is 0 Å². The van der Waals surface area contributed by atoms with E-state index >= 15 is 0 Å². The first kappa shape index (κ1) is 20.7. The second kappa shape index (κ2) is 9.43. The molecular weight excluding hydrogens is 367 g/mol. The van der Waals surface area contributed by atoms with Gasteiger partial charge in [0, 0.05) is 19.6 Å². The van der Waals surface area contributed by atoms with Gasteiger partial charge in [-0.1, -0.05) is 49.4 Å². The van der Waals surface area contributed by atoms with Gasteiger partial charge in [-0.3, -0.25) is 4.90 Å². The van der Waals surface area contributed by atoms with Crippen LogP contribution in [-0.4, -0.2) is 37.3 Å². The molecule has 0 radical (unpaired) electrons. The Morgan fingerprint density at radius 3 is 2.57 bits per heavy atom. The molecule has 0 aliphatic carbocycles. The van der Waals surface area contributed by atoms with Gasteiger partial charge in [-0.15, -0.1) is 0 Å². The molecule has 1 aliphatic heterocycles. The van der Waals surface area contributed by atoms with Crippen LogP contribution in [0.3, 0.4) is 0 Å². The molecule has 0 saturated carbocycles. The number of ether oxygens (including phenoxy) is 2. The highest BCUT2D eigenvalue weighted by Crippen LogP contribution is 2.36. The smallest absolute Gasteiger partial charge is 0.419 e. The number of nitrogens with zero attached hydrogens (tertiary/aromatic N) is 1. The van der Waals surface area contributed by atoms with Crippen molar-refractivity contribution in [2.24, 2.45) is 5.92 Å².